The molecular weight excluding hydrogens is 301 g/mol. The number of carbonyl (C=O) groups is 1. The molecule has 1 amide bonds. The summed E-state index contributed by atoms with van der Waals surface area (Å²) in [5.74, 6) is -1.54. The van der Waals surface area contributed by atoms with Crippen molar-refractivity contribution >= 4 is 5.91 Å². The number of carbonyl (C=O) groups excluding carboxylic acids is 1. The number of pyridine rings is 1. The zero-order valence-corrected chi connectivity index (χ0v) is 12.8. The Labute approximate surface area is 132 Å². The van der Waals surface area contributed by atoms with Gasteiger partial charge in [0.15, 0.2) is 11.5 Å². The molecule has 3 rings (SSSR count). The zero-order valence-electron chi connectivity index (χ0n) is 12.8. The van der Waals surface area contributed by atoms with E-state index in [9.17, 15) is 9.18 Å². The minimum atomic E-state index is -0.862. The first-order valence-electron chi connectivity index (χ1n) is 7.47. The van der Waals surface area contributed by atoms with Crippen LogP contribution in [0.2, 0.25) is 0 Å². The molecule has 1 fully saturated rings. The van der Waals surface area contributed by atoms with Crippen molar-refractivity contribution in [2.75, 3.05) is 19.7 Å². The van der Waals surface area contributed by atoms with E-state index in [4.69, 9.17) is 10.5 Å². The summed E-state index contributed by atoms with van der Waals surface area (Å²) in [6.07, 6.45) is 1.78. The van der Waals surface area contributed by atoms with E-state index >= 15 is 0 Å². The first kappa shape index (κ1) is 15.6. The molecule has 0 aliphatic carbocycles. The molecule has 0 bridgehead atoms. The van der Waals surface area contributed by atoms with Gasteiger partial charge < -0.3 is 15.8 Å². The molecule has 0 spiro atoms. The Hall–Kier alpha value is -2.32. The van der Waals surface area contributed by atoms with Crippen LogP contribution in [-0.2, 0) is 11.2 Å². The molecule has 2 aromatic heterocycles. The summed E-state index contributed by atoms with van der Waals surface area (Å²) < 4.78 is 21.0. The number of nitrogens with two attached hydrogens (primary N) is 1. The second-order valence-corrected chi connectivity index (χ2v) is 5.24. The molecule has 1 aliphatic rings. The van der Waals surface area contributed by atoms with Crippen LogP contribution in [0.5, 0.6) is 0 Å². The fourth-order valence-electron chi connectivity index (χ4n) is 2.54. The van der Waals surface area contributed by atoms with E-state index in [0.29, 0.717) is 25.3 Å². The molecule has 2 aromatic rings. The first-order chi connectivity index (χ1) is 11.1. The van der Waals surface area contributed by atoms with Crippen molar-refractivity contribution in [1.29, 1.82) is 0 Å². The molecule has 0 aromatic carbocycles. The summed E-state index contributed by atoms with van der Waals surface area (Å²) in [6.45, 7) is 3.90. The lowest BCUT2D eigenvalue weighted by Crippen LogP contribution is -2.33. The Morgan fingerprint density at radius 3 is 2.96 bits per heavy atom. The Morgan fingerprint density at radius 2 is 2.39 bits per heavy atom. The van der Waals surface area contributed by atoms with Crippen molar-refractivity contribution < 1.29 is 13.9 Å². The van der Waals surface area contributed by atoms with Crippen LogP contribution in [0.4, 0.5) is 4.39 Å². The molecule has 3 N–H and O–H groups in total. The first-order valence-corrected chi connectivity index (χ1v) is 7.47. The van der Waals surface area contributed by atoms with Crippen LogP contribution in [-0.4, -0.2) is 40.4 Å². The van der Waals surface area contributed by atoms with Crippen LogP contribution in [0.15, 0.2) is 18.3 Å². The highest BCUT2D eigenvalue weighted by Gasteiger charge is 2.23. The Morgan fingerprint density at radius 1 is 1.57 bits per heavy atom. The number of halogens is 1. The maximum Gasteiger partial charge on any atom is 0.270 e. The monoisotopic (exact) mass is 319 g/mol. The van der Waals surface area contributed by atoms with Gasteiger partial charge in [-0.2, -0.15) is 5.10 Å². The fraction of sp³-hybridized carbons (Fsp3) is 0.400. The van der Waals surface area contributed by atoms with Crippen molar-refractivity contribution in [3.8, 4) is 5.69 Å². The molecular formula is C15H18FN5O2. The summed E-state index contributed by atoms with van der Waals surface area (Å²) in [7, 11) is 0. The van der Waals surface area contributed by atoms with Crippen LogP contribution in [0.25, 0.3) is 5.69 Å². The molecule has 1 saturated heterocycles. The van der Waals surface area contributed by atoms with E-state index in [1.165, 1.54) is 10.9 Å². The molecule has 3 heterocycles. The predicted molar refractivity (Wildman–Crippen MR) is 80.8 cm³/mol. The van der Waals surface area contributed by atoms with Crippen molar-refractivity contribution in [3.05, 3.63) is 41.2 Å². The lowest BCUT2D eigenvalue weighted by molar-refractivity contribution is 0.0250. The molecule has 1 atom stereocenters. The average molecular weight is 319 g/mol. The number of nitrogens with one attached hydrogen (secondary N) is 1. The number of amides is 1. The van der Waals surface area contributed by atoms with Crippen molar-refractivity contribution in [1.82, 2.24) is 20.1 Å². The summed E-state index contributed by atoms with van der Waals surface area (Å²) in [5.41, 5.74) is 6.46. The Balaban J connectivity index is 1.94. The maximum atomic E-state index is 14.2. The van der Waals surface area contributed by atoms with Crippen molar-refractivity contribution in [3.63, 3.8) is 0 Å². The van der Waals surface area contributed by atoms with Crippen LogP contribution in [0.3, 0.4) is 0 Å². The van der Waals surface area contributed by atoms with Crippen LogP contribution in [0, 0.1) is 5.82 Å². The number of hydrogen-bond acceptors (Lipinski definition) is 5. The molecule has 0 unspecified atom stereocenters. The van der Waals surface area contributed by atoms with E-state index in [1.807, 2.05) is 0 Å². The number of aromatic nitrogens is 3. The molecule has 0 radical (unpaired) electrons. The largest absolute Gasteiger partial charge is 0.369 e. The topological polar surface area (TPSA) is 95.1 Å². The minimum absolute atomic E-state index is 0.117. The lowest BCUT2D eigenvalue weighted by atomic mass is 10.2. The van der Waals surface area contributed by atoms with Gasteiger partial charge in [-0.1, -0.05) is 6.92 Å². The molecule has 8 heteroatoms. The van der Waals surface area contributed by atoms with Crippen LogP contribution in [0.1, 0.15) is 34.9 Å². The van der Waals surface area contributed by atoms with Gasteiger partial charge in [0, 0.05) is 13.1 Å². The van der Waals surface area contributed by atoms with Crippen LogP contribution < -0.4 is 11.1 Å². The second-order valence-electron chi connectivity index (χ2n) is 5.24. The van der Waals surface area contributed by atoms with Gasteiger partial charge in [0.25, 0.3) is 5.91 Å². The quantitative estimate of drug-likeness (QED) is 0.866. The van der Waals surface area contributed by atoms with E-state index in [2.05, 4.69) is 15.4 Å². The molecule has 1 aliphatic heterocycles. The number of primary amides is 1. The van der Waals surface area contributed by atoms with Gasteiger partial charge in [0.05, 0.1) is 29.9 Å². The second kappa shape index (κ2) is 6.43. The predicted octanol–water partition coefficient (Wildman–Crippen LogP) is 0.729. The zero-order chi connectivity index (χ0) is 16.4. The Bertz CT molecular complexity index is 707. The van der Waals surface area contributed by atoms with Gasteiger partial charge in [0.1, 0.15) is 6.10 Å². The van der Waals surface area contributed by atoms with E-state index < -0.39 is 11.7 Å². The van der Waals surface area contributed by atoms with Crippen molar-refractivity contribution in [2.45, 2.75) is 19.4 Å². The summed E-state index contributed by atoms with van der Waals surface area (Å²) >= 11 is 0. The molecule has 122 valence electrons. The SMILES string of the molecule is CCc1nn(-c2ccc([C@H]3CNCCO3)nc2)c(C(N)=O)c1F. The highest BCUT2D eigenvalue weighted by molar-refractivity contribution is 5.92. The lowest BCUT2D eigenvalue weighted by Gasteiger charge is -2.23. The van der Waals surface area contributed by atoms with Gasteiger partial charge in [-0.05, 0) is 18.6 Å². The molecule has 7 nitrogen and oxygen atoms in total. The van der Waals surface area contributed by atoms with Gasteiger partial charge in [-0.25, -0.2) is 9.07 Å². The smallest absolute Gasteiger partial charge is 0.270 e. The van der Waals surface area contributed by atoms with Gasteiger partial charge in [-0.3, -0.25) is 9.78 Å². The number of ether oxygens (including phenoxy) is 1. The summed E-state index contributed by atoms with van der Waals surface area (Å²) in [5, 5.41) is 7.35. The number of morpholine rings is 1. The van der Waals surface area contributed by atoms with E-state index in [-0.39, 0.29) is 17.5 Å². The number of aryl methyl sites for hydroxylation is 1. The number of nitrogens with zero attached hydrogens (tertiary/aromatic N) is 3. The van der Waals surface area contributed by atoms with E-state index in [1.54, 1.807) is 19.1 Å². The molecule has 0 saturated carbocycles. The van der Waals surface area contributed by atoms with Crippen molar-refractivity contribution in [2.24, 2.45) is 5.73 Å². The fourth-order valence-corrected chi connectivity index (χ4v) is 2.54. The van der Waals surface area contributed by atoms with E-state index in [0.717, 1.165) is 12.2 Å². The maximum absolute atomic E-state index is 14.2. The normalized spacial score (nSPS) is 18.1. The van der Waals surface area contributed by atoms with Gasteiger partial charge in [-0.15, -0.1) is 0 Å². The highest BCUT2D eigenvalue weighted by Crippen LogP contribution is 2.20. The third kappa shape index (κ3) is 2.95. The summed E-state index contributed by atoms with van der Waals surface area (Å²) in [4.78, 5) is 15.9. The number of hydrogen-bond donors (Lipinski definition) is 2. The van der Waals surface area contributed by atoms with Crippen LogP contribution >= 0.6 is 0 Å². The van der Waals surface area contributed by atoms with Gasteiger partial charge in [0.2, 0.25) is 0 Å². The standard InChI is InChI=1S/C15H18FN5O2/c1-2-10-13(16)14(15(17)22)21(20-10)9-3-4-11(19-7-9)12-8-18-5-6-23-12/h3-4,7,12,18H,2,5-6,8H2,1H3,(H2,17,22)/t12-/m1/s1. The number of rotatable bonds is 4. The third-order valence-electron chi connectivity index (χ3n) is 3.73. The third-order valence-corrected chi connectivity index (χ3v) is 3.73. The average Bonchev–Trinajstić information content (AvgIpc) is 2.92. The summed E-state index contributed by atoms with van der Waals surface area (Å²) in [6, 6.07) is 3.50. The highest BCUT2D eigenvalue weighted by atomic mass is 19.1. The van der Waals surface area contributed by atoms with Gasteiger partial charge >= 0.3 is 0 Å². The minimum Gasteiger partial charge on any atom is -0.369 e. The Kier molecular flexibility index (Phi) is 4.35. The molecule has 23 heavy (non-hydrogen) atoms.